The van der Waals surface area contributed by atoms with E-state index in [1.54, 1.807) is 13.1 Å². The van der Waals surface area contributed by atoms with Gasteiger partial charge in [0, 0.05) is 13.2 Å². The Morgan fingerprint density at radius 3 is 2.88 bits per heavy atom. The number of ketones is 1. The summed E-state index contributed by atoms with van der Waals surface area (Å²) in [5, 5.41) is 7.53. The predicted octanol–water partition coefficient (Wildman–Crippen LogP) is 1.21. The highest BCUT2D eigenvalue weighted by Gasteiger charge is 2.21. The highest BCUT2D eigenvalue weighted by atomic mass is 79.9. The van der Waals surface area contributed by atoms with E-state index in [2.05, 4.69) is 31.2 Å². The molecule has 0 saturated heterocycles. The SMILES string of the molecule is COc1cnccc1C(=O)c1c(Br)nnn1C. The lowest BCUT2D eigenvalue weighted by atomic mass is 10.1. The average Bonchev–Trinajstić information content (AvgIpc) is 2.68. The lowest BCUT2D eigenvalue weighted by Crippen LogP contribution is -2.10. The highest BCUT2D eigenvalue weighted by molar-refractivity contribution is 9.10. The van der Waals surface area contributed by atoms with Crippen molar-refractivity contribution in [1.29, 1.82) is 0 Å². The van der Waals surface area contributed by atoms with E-state index in [4.69, 9.17) is 4.74 Å². The van der Waals surface area contributed by atoms with Gasteiger partial charge in [-0.1, -0.05) is 5.21 Å². The second-order valence-corrected chi connectivity index (χ2v) is 4.01. The van der Waals surface area contributed by atoms with Crippen LogP contribution in [0.25, 0.3) is 0 Å². The lowest BCUT2D eigenvalue weighted by Gasteiger charge is -2.06. The Labute approximate surface area is 106 Å². The molecule has 0 aliphatic heterocycles. The van der Waals surface area contributed by atoms with Crippen LogP contribution in [0, 0.1) is 0 Å². The summed E-state index contributed by atoms with van der Waals surface area (Å²) < 4.78 is 6.91. The van der Waals surface area contributed by atoms with Gasteiger partial charge in [0.05, 0.1) is 18.9 Å². The standard InChI is InChI=1S/C10H9BrN4O2/c1-15-8(10(11)13-14-15)9(16)6-3-4-12-5-7(6)17-2/h3-5H,1-2H3. The van der Waals surface area contributed by atoms with Gasteiger partial charge in [-0.25, -0.2) is 4.68 Å². The van der Waals surface area contributed by atoms with Gasteiger partial charge < -0.3 is 4.74 Å². The first-order valence-corrected chi connectivity index (χ1v) is 5.52. The topological polar surface area (TPSA) is 69.9 Å². The fourth-order valence-electron chi connectivity index (χ4n) is 1.43. The molecule has 2 rings (SSSR count). The smallest absolute Gasteiger partial charge is 0.217 e. The minimum absolute atomic E-state index is 0.219. The predicted molar refractivity (Wildman–Crippen MR) is 62.9 cm³/mol. The van der Waals surface area contributed by atoms with Crippen LogP contribution in [0.3, 0.4) is 0 Å². The van der Waals surface area contributed by atoms with Crippen molar-refractivity contribution in [2.45, 2.75) is 0 Å². The quantitative estimate of drug-likeness (QED) is 0.796. The van der Waals surface area contributed by atoms with Crippen molar-refractivity contribution in [3.8, 4) is 5.75 Å². The number of carbonyl (C=O) groups is 1. The maximum absolute atomic E-state index is 12.3. The molecule has 0 bridgehead atoms. The van der Waals surface area contributed by atoms with Crippen molar-refractivity contribution >= 4 is 21.7 Å². The minimum Gasteiger partial charge on any atom is -0.494 e. The fourth-order valence-corrected chi connectivity index (χ4v) is 1.94. The molecule has 0 spiro atoms. The van der Waals surface area contributed by atoms with Crippen molar-refractivity contribution in [2.24, 2.45) is 7.05 Å². The van der Waals surface area contributed by atoms with Gasteiger partial charge in [-0.2, -0.15) is 0 Å². The van der Waals surface area contributed by atoms with Crippen LogP contribution in [0.4, 0.5) is 0 Å². The number of ether oxygens (including phenoxy) is 1. The van der Waals surface area contributed by atoms with E-state index >= 15 is 0 Å². The fraction of sp³-hybridized carbons (Fsp3) is 0.200. The zero-order valence-corrected chi connectivity index (χ0v) is 10.8. The van der Waals surface area contributed by atoms with E-state index in [-0.39, 0.29) is 5.78 Å². The van der Waals surface area contributed by atoms with Gasteiger partial charge in [-0.05, 0) is 22.0 Å². The minimum atomic E-state index is -0.219. The first-order valence-electron chi connectivity index (χ1n) is 4.73. The molecule has 0 N–H and O–H groups in total. The van der Waals surface area contributed by atoms with Crippen molar-refractivity contribution in [1.82, 2.24) is 20.0 Å². The van der Waals surface area contributed by atoms with Gasteiger partial charge in [0.1, 0.15) is 11.4 Å². The first kappa shape index (κ1) is 11.7. The van der Waals surface area contributed by atoms with Gasteiger partial charge >= 0.3 is 0 Å². The van der Waals surface area contributed by atoms with Gasteiger partial charge in [-0.3, -0.25) is 9.78 Å². The molecule has 7 heteroatoms. The molecule has 0 unspecified atom stereocenters. The molecular formula is C10H9BrN4O2. The molecule has 0 fully saturated rings. The van der Waals surface area contributed by atoms with Crippen LogP contribution in [0.2, 0.25) is 0 Å². The summed E-state index contributed by atoms with van der Waals surface area (Å²) in [6.07, 6.45) is 3.03. The zero-order chi connectivity index (χ0) is 12.4. The Morgan fingerprint density at radius 1 is 1.53 bits per heavy atom. The Kier molecular flexibility index (Phi) is 3.19. The molecule has 6 nitrogen and oxygen atoms in total. The second-order valence-electron chi connectivity index (χ2n) is 3.26. The van der Waals surface area contributed by atoms with E-state index in [0.717, 1.165) is 0 Å². The van der Waals surface area contributed by atoms with Crippen LogP contribution in [-0.4, -0.2) is 32.9 Å². The maximum Gasteiger partial charge on any atom is 0.217 e. The summed E-state index contributed by atoms with van der Waals surface area (Å²) in [6, 6.07) is 1.60. The molecule has 0 aliphatic carbocycles. The number of rotatable bonds is 3. The molecule has 17 heavy (non-hydrogen) atoms. The monoisotopic (exact) mass is 296 g/mol. The van der Waals surface area contributed by atoms with Gasteiger partial charge in [0.15, 0.2) is 4.60 Å². The van der Waals surface area contributed by atoms with E-state index in [0.29, 0.717) is 21.6 Å². The zero-order valence-electron chi connectivity index (χ0n) is 9.22. The number of aromatic nitrogens is 4. The summed E-state index contributed by atoms with van der Waals surface area (Å²) in [6.45, 7) is 0. The third-order valence-corrected chi connectivity index (χ3v) is 2.78. The Hall–Kier alpha value is -1.76. The molecule has 2 heterocycles. The van der Waals surface area contributed by atoms with E-state index in [1.165, 1.54) is 24.2 Å². The molecule has 0 amide bonds. The van der Waals surface area contributed by atoms with Crippen LogP contribution < -0.4 is 4.74 Å². The van der Waals surface area contributed by atoms with Gasteiger partial charge in [0.2, 0.25) is 5.78 Å². The van der Waals surface area contributed by atoms with E-state index in [9.17, 15) is 4.79 Å². The number of halogens is 1. The third kappa shape index (κ3) is 2.05. The number of hydrogen-bond acceptors (Lipinski definition) is 5. The first-order chi connectivity index (χ1) is 8.15. The molecule has 2 aromatic heterocycles. The largest absolute Gasteiger partial charge is 0.494 e. The van der Waals surface area contributed by atoms with Crippen molar-refractivity contribution in [3.05, 3.63) is 34.3 Å². The molecule has 0 aliphatic rings. The van der Waals surface area contributed by atoms with E-state index < -0.39 is 0 Å². The Morgan fingerprint density at radius 2 is 2.29 bits per heavy atom. The number of carbonyl (C=O) groups excluding carboxylic acids is 1. The van der Waals surface area contributed by atoms with Crippen LogP contribution in [0.5, 0.6) is 5.75 Å². The molecular weight excluding hydrogens is 288 g/mol. The molecule has 0 saturated carbocycles. The van der Waals surface area contributed by atoms with Crippen molar-refractivity contribution < 1.29 is 9.53 Å². The van der Waals surface area contributed by atoms with Crippen molar-refractivity contribution in [3.63, 3.8) is 0 Å². The van der Waals surface area contributed by atoms with E-state index in [1.807, 2.05) is 0 Å². The summed E-state index contributed by atoms with van der Waals surface area (Å²) in [7, 11) is 3.14. The summed E-state index contributed by atoms with van der Waals surface area (Å²) in [4.78, 5) is 16.2. The third-order valence-electron chi connectivity index (χ3n) is 2.25. The molecule has 0 aromatic carbocycles. The number of aryl methyl sites for hydroxylation is 1. The number of pyridine rings is 1. The Bertz CT molecular complexity index is 548. The van der Waals surface area contributed by atoms with Crippen LogP contribution in [0.1, 0.15) is 16.1 Å². The summed E-state index contributed by atoms with van der Waals surface area (Å²) in [5.41, 5.74) is 0.795. The maximum atomic E-state index is 12.3. The summed E-state index contributed by atoms with van der Waals surface area (Å²) in [5.74, 6) is 0.203. The van der Waals surface area contributed by atoms with Crippen LogP contribution in [0.15, 0.2) is 23.1 Å². The summed E-state index contributed by atoms with van der Waals surface area (Å²) >= 11 is 3.19. The second kappa shape index (κ2) is 4.62. The molecule has 0 atom stereocenters. The number of methoxy groups -OCH3 is 1. The highest BCUT2D eigenvalue weighted by Crippen LogP contribution is 2.22. The normalized spacial score (nSPS) is 10.3. The number of nitrogens with zero attached hydrogens (tertiary/aromatic N) is 4. The average molecular weight is 297 g/mol. The Balaban J connectivity index is 2.51. The van der Waals surface area contributed by atoms with Crippen LogP contribution in [-0.2, 0) is 7.05 Å². The van der Waals surface area contributed by atoms with Gasteiger partial charge in [-0.15, -0.1) is 5.10 Å². The molecule has 2 aromatic rings. The van der Waals surface area contributed by atoms with Gasteiger partial charge in [0.25, 0.3) is 0 Å². The van der Waals surface area contributed by atoms with Crippen molar-refractivity contribution in [2.75, 3.05) is 7.11 Å². The molecule has 88 valence electrons. The van der Waals surface area contributed by atoms with Crippen LogP contribution >= 0.6 is 15.9 Å². The lowest BCUT2D eigenvalue weighted by molar-refractivity contribution is 0.102. The number of hydrogen-bond donors (Lipinski definition) is 0. The molecule has 0 radical (unpaired) electrons.